The van der Waals surface area contributed by atoms with E-state index in [1.807, 2.05) is 13.0 Å². The van der Waals surface area contributed by atoms with Crippen LogP contribution in [0.2, 0.25) is 0 Å². The molecular formula is C12H10BiN. The van der Waals surface area contributed by atoms with Gasteiger partial charge in [-0.3, -0.25) is 0 Å². The third kappa shape index (κ3) is 2.19. The second-order valence-electron chi connectivity index (χ2n) is 3.22. The first-order valence-electron chi connectivity index (χ1n) is 4.49. The molecule has 0 amide bonds. The van der Waals surface area contributed by atoms with Crippen LogP contribution in [-0.2, 0) is 0 Å². The van der Waals surface area contributed by atoms with E-state index in [1.165, 1.54) is 39.2 Å². The van der Waals surface area contributed by atoms with Gasteiger partial charge in [-0.15, -0.1) is 0 Å². The topological polar surface area (TPSA) is 12.9 Å². The molecule has 2 heteroatoms. The van der Waals surface area contributed by atoms with E-state index in [0.29, 0.717) is 0 Å². The first-order valence-corrected chi connectivity index (χ1v) is 6.22. The van der Waals surface area contributed by atoms with E-state index < -0.39 is 0 Å². The fourth-order valence-corrected chi connectivity index (χ4v) is 2.60. The van der Waals surface area contributed by atoms with Gasteiger partial charge in [-0.2, -0.15) is 0 Å². The van der Waals surface area contributed by atoms with Crippen molar-refractivity contribution in [2.75, 3.05) is 0 Å². The zero-order chi connectivity index (χ0) is 9.97. The minimum atomic E-state index is 1.10. The summed E-state index contributed by atoms with van der Waals surface area (Å²) in [6, 6.07) is 14.7. The van der Waals surface area contributed by atoms with Gasteiger partial charge in [-0.25, -0.2) is 0 Å². The summed E-state index contributed by atoms with van der Waals surface area (Å²) in [6.45, 7) is 2.04. The molecule has 0 aliphatic rings. The summed E-state index contributed by atoms with van der Waals surface area (Å²) in [6.07, 6.45) is 0. The zero-order valence-corrected chi connectivity index (χ0v) is 11.4. The molecule has 0 spiro atoms. The standard InChI is InChI=1S/C12H10N.Bi/c1-10-9-12(7-8-13-10)11-5-3-2-4-6-11;/h2-7,9H,1H3;. The second-order valence-corrected chi connectivity index (χ2v) is 5.00. The fraction of sp³-hybridized carbons (Fsp3) is 0.0833. The third-order valence-electron chi connectivity index (χ3n) is 2.05. The summed E-state index contributed by atoms with van der Waals surface area (Å²) < 4.78 is 1.18. The molecule has 0 unspecified atom stereocenters. The van der Waals surface area contributed by atoms with Crippen LogP contribution in [-0.4, -0.2) is 29.7 Å². The van der Waals surface area contributed by atoms with Crippen molar-refractivity contribution in [2.45, 2.75) is 6.92 Å². The Hall–Kier alpha value is -0.747. The molecule has 68 valence electrons. The van der Waals surface area contributed by atoms with Crippen LogP contribution in [0, 0.1) is 6.92 Å². The van der Waals surface area contributed by atoms with Crippen molar-refractivity contribution >= 4 is 28.1 Å². The fourth-order valence-electron chi connectivity index (χ4n) is 1.45. The predicted molar refractivity (Wildman–Crippen MR) is 59.8 cm³/mol. The summed E-state index contributed by atoms with van der Waals surface area (Å²) in [4.78, 5) is 4.41. The molecule has 1 nitrogen and oxygen atoms in total. The van der Waals surface area contributed by atoms with Gasteiger partial charge >= 0.3 is 99.3 Å². The monoisotopic (exact) mass is 377 g/mol. The van der Waals surface area contributed by atoms with E-state index in [4.69, 9.17) is 0 Å². The molecule has 0 saturated carbocycles. The van der Waals surface area contributed by atoms with Crippen LogP contribution >= 0.6 is 0 Å². The summed E-state index contributed by atoms with van der Waals surface area (Å²) in [5.74, 6) is 0. The van der Waals surface area contributed by atoms with Gasteiger partial charge in [-0.1, -0.05) is 0 Å². The molecule has 0 aliphatic heterocycles. The van der Waals surface area contributed by atoms with Crippen LogP contribution in [0.25, 0.3) is 11.1 Å². The Balaban J connectivity index is 2.52. The van der Waals surface area contributed by atoms with Crippen molar-refractivity contribution in [1.82, 2.24) is 4.98 Å². The molecule has 1 heterocycles. The van der Waals surface area contributed by atoms with Gasteiger partial charge in [0.1, 0.15) is 0 Å². The van der Waals surface area contributed by atoms with Crippen molar-refractivity contribution in [3.8, 4) is 11.1 Å². The van der Waals surface area contributed by atoms with Gasteiger partial charge in [0, 0.05) is 0 Å². The molecule has 2 rings (SSSR count). The van der Waals surface area contributed by atoms with E-state index in [-0.39, 0.29) is 0 Å². The Morgan fingerprint density at radius 3 is 2.36 bits per heavy atom. The Morgan fingerprint density at radius 2 is 1.71 bits per heavy atom. The first-order chi connectivity index (χ1) is 6.75. The minimum absolute atomic E-state index is 1.10. The Labute approximate surface area is 99.0 Å². The van der Waals surface area contributed by atoms with Gasteiger partial charge in [-0.05, 0) is 0 Å². The molecule has 0 fully saturated rings. The molecule has 0 bridgehead atoms. The number of hydrogen-bond donors (Lipinski definition) is 0. The summed E-state index contributed by atoms with van der Waals surface area (Å²) in [5, 5.41) is 0. The number of hydrogen-bond acceptors (Lipinski definition) is 1. The molecule has 2 radical (unpaired) electrons. The normalized spacial score (nSPS) is 10.1. The number of nitrogens with zero attached hydrogens (tertiary/aromatic N) is 1. The third-order valence-corrected chi connectivity index (χ3v) is 2.94. The van der Waals surface area contributed by atoms with Crippen molar-refractivity contribution in [3.05, 3.63) is 48.2 Å². The van der Waals surface area contributed by atoms with Crippen LogP contribution in [0.3, 0.4) is 0 Å². The molecule has 1 aromatic heterocycles. The summed E-state index contributed by atoms with van der Waals surface area (Å²) in [7, 11) is 0. The van der Waals surface area contributed by atoms with Gasteiger partial charge in [0.2, 0.25) is 0 Å². The van der Waals surface area contributed by atoms with Crippen LogP contribution in [0.15, 0.2) is 42.5 Å². The van der Waals surface area contributed by atoms with Gasteiger partial charge in [0.15, 0.2) is 0 Å². The van der Waals surface area contributed by atoms with Crippen LogP contribution in [0.1, 0.15) is 5.69 Å². The molecule has 0 saturated heterocycles. The SMILES string of the molecule is Cc1cc(-c2ccccc2)c[c]([Bi])n1. The number of aryl methyl sites for hydroxylation is 1. The summed E-state index contributed by atoms with van der Waals surface area (Å²) >= 11 is 1.21. The maximum absolute atomic E-state index is 4.41. The molecular weight excluding hydrogens is 367 g/mol. The Bertz CT molecular complexity index is 417. The Kier molecular flexibility index (Phi) is 2.93. The van der Waals surface area contributed by atoms with E-state index in [0.717, 1.165) is 5.69 Å². The molecule has 2 aromatic rings. The average molecular weight is 377 g/mol. The average Bonchev–Trinajstić information content (AvgIpc) is 2.18. The van der Waals surface area contributed by atoms with Crippen LogP contribution in [0.4, 0.5) is 0 Å². The molecule has 0 atom stereocenters. The molecule has 1 aromatic carbocycles. The zero-order valence-electron chi connectivity index (χ0n) is 7.94. The van der Waals surface area contributed by atoms with E-state index in [2.05, 4.69) is 41.4 Å². The van der Waals surface area contributed by atoms with E-state index in [1.54, 1.807) is 0 Å². The van der Waals surface area contributed by atoms with Crippen LogP contribution < -0.4 is 3.40 Å². The van der Waals surface area contributed by atoms with Crippen molar-refractivity contribution in [1.29, 1.82) is 0 Å². The predicted octanol–water partition coefficient (Wildman–Crippen LogP) is 1.85. The number of benzene rings is 1. The van der Waals surface area contributed by atoms with Gasteiger partial charge < -0.3 is 0 Å². The van der Waals surface area contributed by atoms with Crippen molar-refractivity contribution < 1.29 is 0 Å². The van der Waals surface area contributed by atoms with Crippen LogP contribution in [0.5, 0.6) is 0 Å². The first kappa shape index (κ1) is 9.79. The molecule has 14 heavy (non-hydrogen) atoms. The second kappa shape index (κ2) is 4.19. The Morgan fingerprint density at radius 1 is 1.00 bits per heavy atom. The number of aromatic nitrogens is 1. The summed E-state index contributed by atoms with van der Waals surface area (Å²) in [5.41, 5.74) is 3.64. The van der Waals surface area contributed by atoms with Gasteiger partial charge in [0.05, 0.1) is 0 Å². The quantitative estimate of drug-likeness (QED) is 0.692. The van der Waals surface area contributed by atoms with Crippen molar-refractivity contribution in [2.24, 2.45) is 0 Å². The number of pyridine rings is 1. The molecule has 0 aliphatic carbocycles. The van der Waals surface area contributed by atoms with Gasteiger partial charge in [0.25, 0.3) is 0 Å². The maximum atomic E-state index is 4.41. The van der Waals surface area contributed by atoms with E-state index in [9.17, 15) is 0 Å². The van der Waals surface area contributed by atoms with E-state index >= 15 is 0 Å². The number of rotatable bonds is 1. The van der Waals surface area contributed by atoms with Crippen molar-refractivity contribution in [3.63, 3.8) is 0 Å². The molecule has 0 N–H and O–H groups in total.